The van der Waals surface area contributed by atoms with Gasteiger partial charge >= 0.3 is 5.97 Å². The highest BCUT2D eigenvalue weighted by Crippen LogP contribution is 2.40. The molecule has 144 valence electrons. The van der Waals surface area contributed by atoms with E-state index in [0.717, 1.165) is 17.3 Å². The first-order valence-corrected chi connectivity index (χ1v) is 9.42. The summed E-state index contributed by atoms with van der Waals surface area (Å²) in [5.41, 5.74) is 1.98. The van der Waals surface area contributed by atoms with Gasteiger partial charge in [0.2, 0.25) is 0 Å². The summed E-state index contributed by atoms with van der Waals surface area (Å²) in [6.07, 6.45) is 1.69. The molecule has 0 aliphatic carbocycles. The zero-order valence-electron chi connectivity index (χ0n) is 15.4. The molecule has 0 saturated carbocycles. The molecular weight excluding hydrogens is 398 g/mol. The number of hydrogen-bond donors (Lipinski definition) is 1. The zero-order chi connectivity index (χ0) is 20.4. The SMILES string of the molecule is COc1cccc(/C=C2\SC(=S)N(c3cc(C(=O)O)ccc3C)C2=O)c1OC. The van der Waals surface area contributed by atoms with E-state index >= 15 is 0 Å². The van der Waals surface area contributed by atoms with Crippen LogP contribution in [0.3, 0.4) is 0 Å². The summed E-state index contributed by atoms with van der Waals surface area (Å²) >= 11 is 6.55. The van der Waals surface area contributed by atoms with E-state index in [0.29, 0.717) is 32.0 Å². The zero-order valence-corrected chi connectivity index (χ0v) is 17.0. The maximum atomic E-state index is 13.0. The van der Waals surface area contributed by atoms with Crippen LogP contribution in [0.4, 0.5) is 5.69 Å². The van der Waals surface area contributed by atoms with Crippen LogP contribution < -0.4 is 14.4 Å². The molecular formula is C20H17NO5S2. The number of carboxylic acids is 1. The molecule has 0 unspecified atom stereocenters. The molecule has 8 heteroatoms. The lowest BCUT2D eigenvalue weighted by atomic mass is 10.1. The second kappa shape index (κ2) is 8.04. The van der Waals surface area contributed by atoms with Gasteiger partial charge < -0.3 is 14.6 Å². The second-order valence-corrected chi connectivity index (χ2v) is 7.58. The average molecular weight is 415 g/mol. The smallest absolute Gasteiger partial charge is 0.335 e. The number of aromatic carboxylic acids is 1. The van der Waals surface area contributed by atoms with Crippen LogP contribution in [0.1, 0.15) is 21.5 Å². The first-order chi connectivity index (χ1) is 13.4. The Morgan fingerprint density at radius 1 is 1.21 bits per heavy atom. The fourth-order valence-corrected chi connectivity index (χ4v) is 4.10. The Hall–Kier alpha value is -2.84. The minimum absolute atomic E-state index is 0.0908. The molecule has 3 rings (SSSR count). The number of nitrogens with zero attached hydrogens (tertiary/aromatic N) is 1. The standard InChI is InChI=1S/C20H17NO5S2/c1-11-7-8-13(19(23)24)9-14(11)21-18(22)16(28-20(21)27)10-12-5-4-6-15(25-2)17(12)26-3/h4-10H,1-3H3,(H,23,24)/b16-10-. The van der Waals surface area contributed by atoms with Crippen molar-refractivity contribution in [2.75, 3.05) is 19.1 Å². The van der Waals surface area contributed by atoms with Gasteiger partial charge in [-0.1, -0.05) is 42.2 Å². The molecule has 2 aromatic carbocycles. The quantitative estimate of drug-likeness (QED) is 0.582. The van der Waals surface area contributed by atoms with E-state index in [2.05, 4.69) is 0 Å². The molecule has 0 atom stereocenters. The highest BCUT2D eigenvalue weighted by atomic mass is 32.2. The molecule has 1 fully saturated rings. The van der Waals surface area contributed by atoms with Gasteiger partial charge in [-0.3, -0.25) is 9.69 Å². The molecule has 2 aromatic rings. The van der Waals surface area contributed by atoms with E-state index in [1.807, 2.05) is 6.07 Å². The Bertz CT molecular complexity index is 1020. The maximum absolute atomic E-state index is 13.0. The molecule has 1 N–H and O–H groups in total. The number of para-hydroxylation sites is 1. The van der Waals surface area contributed by atoms with Crippen molar-refractivity contribution < 1.29 is 24.2 Å². The van der Waals surface area contributed by atoms with E-state index in [1.165, 1.54) is 24.1 Å². The minimum Gasteiger partial charge on any atom is -0.493 e. The predicted molar refractivity (Wildman–Crippen MR) is 113 cm³/mol. The number of thioether (sulfide) groups is 1. The van der Waals surface area contributed by atoms with Gasteiger partial charge in [-0.15, -0.1) is 0 Å². The van der Waals surface area contributed by atoms with Crippen molar-refractivity contribution in [3.05, 3.63) is 58.0 Å². The lowest BCUT2D eigenvalue weighted by Crippen LogP contribution is -2.28. The number of anilines is 1. The molecule has 0 bridgehead atoms. The molecule has 0 radical (unpaired) electrons. The van der Waals surface area contributed by atoms with Crippen LogP contribution in [0, 0.1) is 6.92 Å². The summed E-state index contributed by atoms with van der Waals surface area (Å²) in [7, 11) is 3.07. The van der Waals surface area contributed by atoms with Crippen LogP contribution in [0.15, 0.2) is 41.3 Å². The molecule has 1 aliphatic heterocycles. The van der Waals surface area contributed by atoms with Crippen LogP contribution in [0.2, 0.25) is 0 Å². The maximum Gasteiger partial charge on any atom is 0.335 e. The Balaban J connectivity index is 2.03. The number of rotatable bonds is 5. The van der Waals surface area contributed by atoms with Gasteiger partial charge in [-0.2, -0.15) is 0 Å². The Labute approximate surface area is 171 Å². The van der Waals surface area contributed by atoms with Crippen LogP contribution in [0.25, 0.3) is 6.08 Å². The molecule has 1 saturated heterocycles. The number of thiocarbonyl (C=S) groups is 1. The highest BCUT2D eigenvalue weighted by molar-refractivity contribution is 8.27. The van der Waals surface area contributed by atoms with Crippen molar-refractivity contribution in [1.29, 1.82) is 0 Å². The van der Waals surface area contributed by atoms with Crippen molar-refractivity contribution in [2.24, 2.45) is 0 Å². The lowest BCUT2D eigenvalue weighted by Gasteiger charge is -2.17. The molecule has 1 heterocycles. The van der Waals surface area contributed by atoms with E-state index in [-0.39, 0.29) is 11.5 Å². The van der Waals surface area contributed by atoms with E-state index in [1.54, 1.807) is 38.3 Å². The van der Waals surface area contributed by atoms with Crippen molar-refractivity contribution in [1.82, 2.24) is 0 Å². The van der Waals surface area contributed by atoms with Gasteiger partial charge in [-0.25, -0.2) is 4.79 Å². The van der Waals surface area contributed by atoms with E-state index < -0.39 is 5.97 Å². The summed E-state index contributed by atoms with van der Waals surface area (Å²) in [6.45, 7) is 1.80. The monoisotopic (exact) mass is 415 g/mol. The molecule has 1 aliphatic rings. The molecule has 6 nitrogen and oxygen atoms in total. The van der Waals surface area contributed by atoms with Crippen molar-refractivity contribution in [3.8, 4) is 11.5 Å². The number of methoxy groups -OCH3 is 2. The Morgan fingerprint density at radius 2 is 1.96 bits per heavy atom. The minimum atomic E-state index is -1.07. The Kier molecular flexibility index (Phi) is 5.71. The Morgan fingerprint density at radius 3 is 2.61 bits per heavy atom. The van der Waals surface area contributed by atoms with Gasteiger partial charge in [-0.05, 0) is 36.8 Å². The second-order valence-electron chi connectivity index (χ2n) is 5.91. The molecule has 0 aromatic heterocycles. The van der Waals surface area contributed by atoms with Crippen LogP contribution in [0.5, 0.6) is 11.5 Å². The summed E-state index contributed by atoms with van der Waals surface area (Å²) in [6, 6.07) is 9.99. The summed E-state index contributed by atoms with van der Waals surface area (Å²) in [4.78, 5) is 26.1. The van der Waals surface area contributed by atoms with Gasteiger partial charge in [0.15, 0.2) is 15.8 Å². The fraction of sp³-hybridized carbons (Fsp3) is 0.150. The number of aryl methyl sites for hydroxylation is 1. The average Bonchev–Trinajstić information content (AvgIpc) is 2.95. The first-order valence-electron chi connectivity index (χ1n) is 8.20. The van der Waals surface area contributed by atoms with Crippen LogP contribution in [-0.2, 0) is 4.79 Å². The van der Waals surface area contributed by atoms with Crippen molar-refractivity contribution >= 4 is 51.9 Å². The number of amides is 1. The normalized spacial score (nSPS) is 15.2. The molecule has 1 amide bonds. The lowest BCUT2D eigenvalue weighted by molar-refractivity contribution is -0.113. The van der Waals surface area contributed by atoms with E-state index in [4.69, 9.17) is 21.7 Å². The number of hydrogen-bond acceptors (Lipinski definition) is 6. The third kappa shape index (κ3) is 3.61. The van der Waals surface area contributed by atoms with Gasteiger partial charge in [0.25, 0.3) is 5.91 Å². The van der Waals surface area contributed by atoms with Gasteiger partial charge in [0.1, 0.15) is 0 Å². The van der Waals surface area contributed by atoms with Crippen molar-refractivity contribution in [3.63, 3.8) is 0 Å². The van der Waals surface area contributed by atoms with Crippen molar-refractivity contribution in [2.45, 2.75) is 6.92 Å². The topological polar surface area (TPSA) is 76.1 Å². The third-order valence-electron chi connectivity index (χ3n) is 4.21. The number of carboxylic acid groups (broad SMARTS) is 1. The summed E-state index contributed by atoms with van der Waals surface area (Å²) in [5.74, 6) is -0.315. The summed E-state index contributed by atoms with van der Waals surface area (Å²) in [5, 5.41) is 9.25. The largest absolute Gasteiger partial charge is 0.493 e. The summed E-state index contributed by atoms with van der Waals surface area (Å²) < 4.78 is 11.0. The highest BCUT2D eigenvalue weighted by Gasteiger charge is 2.34. The van der Waals surface area contributed by atoms with E-state index in [9.17, 15) is 14.7 Å². The van der Waals surface area contributed by atoms with Gasteiger partial charge in [0, 0.05) is 5.56 Å². The van der Waals surface area contributed by atoms with Gasteiger partial charge in [0.05, 0.1) is 30.4 Å². The number of carbonyl (C=O) groups excluding carboxylic acids is 1. The third-order valence-corrected chi connectivity index (χ3v) is 5.51. The van der Waals surface area contributed by atoms with Crippen LogP contribution in [-0.4, -0.2) is 35.5 Å². The number of carbonyl (C=O) groups is 2. The predicted octanol–water partition coefficient (Wildman–Crippen LogP) is 4.12. The van der Waals surface area contributed by atoms with Crippen LogP contribution >= 0.6 is 24.0 Å². The first kappa shape index (κ1) is 19.9. The number of benzene rings is 2. The fourth-order valence-electron chi connectivity index (χ4n) is 2.83. The number of ether oxygens (including phenoxy) is 2. The molecule has 0 spiro atoms. The molecule has 28 heavy (non-hydrogen) atoms.